The molecule has 1 amide bonds. The zero-order chi connectivity index (χ0) is 17.4. The van der Waals surface area contributed by atoms with E-state index in [1.54, 1.807) is 7.11 Å². The van der Waals surface area contributed by atoms with Gasteiger partial charge < -0.3 is 10.1 Å². The highest BCUT2D eigenvalue weighted by Gasteiger charge is 2.12. The number of rotatable bonds is 3. The first-order valence-corrected chi connectivity index (χ1v) is 8.39. The number of halogens is 1. The third kappa shape index (κ3) is 3.04. The van der Waals surface area contributed by atoms with Gasteiger partial charge in [-0.25, -0.2) is 9.37 Å². The lowest BCUT2D eigenvalue weighted by Gasteiger charge is -2.02. The summed E-state index contributed by atoms with van der Waals surface area (Å²) in [5.74, 6) is 0.160. The first kappa shape index (κ1) is 15.5. The van der Waals surface area contributed by atoms with Crippen LogP contribution in [-0.2, 0) is 0 Å². The van der Waals surface area contributed by atoms with Gasteiger partial charge in [0.05, 0.1) is 17.5 Å². The second kappa shape index (κ2) is 6.14. The second-order valence-corrected chi connectivity index (χ2v) is 6.54. The number of nitrogens with zero attached hydrogens (tertiary/aromatic N) is 1. The Bertz CT molecular complexity index is 1090. The summed E-state index contributed by atoms with van der Waals surface area (Å²) in [6.07, 6.45) is 0. The molecule has 2 heterocycles. The minimum Gasteiger partial charge on any atom is -0.497 e. The Morgan fingerprint density at radius 3 is 2.64 bits per heavy atom. The number of thiophene rings is 1. The van der Waals surface area contributed by atoms with Crippen molar-refractivity contribution in [3.8, 4) is 5.75 Å². The van der Waals surface area contributed by atoms with Crippen LogP contribution < -0.4 is 10.1 Å². The molecule has 2 aromatic carbocycles. The standard InChI is InChI=1S/C19H13FN2O2S/c1-24-15-7-2-11-8-12-9-17(25-19(12)22-16(11)10-15)18(23)21-14-5-3-13(20)4-6-14/h2-10H,1H3,(H,21,23). The van der Waals surface area contributed by atoms with Crippen molar-refractivity contribution in [1.29, 1.82) is 0 Å². The van der Waals surface area contributed by atoms with Gasteiger partial charge in [0.15, 0.2) is 0 Å². The Balaban J connectivity index is 1.68. The fourth-order valence-corrected chi connectivity index (χ4v) is 3.49. The number of benzene rings is 2. The first-order valence-electron chi connectivity index (χ1n) is 7.58. The van der Waals surface area contributed by atoms with Crippen LogP contribution in [0.2, 0.25) is 0 Å². The largest absolute Gasteiger partial charge is 0.497 e. The summed E-state index contributed by atoms with van der Waals surface area (Å²) in [6, 6.07) is 15.2. The van der Waals surface area contributed by atoms with Crippen molar-refractivity contribution in [3.63, 3.8) is 0 Å². The zero-order valence-corrected chi connectivity index (χ0v) is 14.1. The monoisotopic (exact) mass is 352 g/mol. The molecule has 0 radical (unpaired) electrons. The highest BCUT2D eigenvalue weighted by atomic mass is 32.1. The smallest absolute Gasteiger partial charge is 0.265 e. The molecule has 0 aliphatic rings. The zero-order valence-electron chi connectivity index (χ0n) is 13.2. The number of aromatic nitrogens is 1. The number of amides is 1. The normalized spacial score (nSPS) is 11.0. The van der Waals surface area contributed by atoms with Gasteiger partial charge in [0.25, 0.3) is 5.91 Å². The number of fused-ring (bicyclic) bond motifs is 2. The van der Waals surface area contributed by atoms with Crippen LogP contribution in [0.3, 0.4) is 0 Å². The minimum absolute atomic E-state index is 0.240. The van der Waals surface area contributed by atoms with Gasteiger partial charge in [-0.1, -0.05) is 0 Å². The van der Waals surface area contributed by atoms with Gasteiger partial charge in [-0.15, -0.1) is 11.3 Å². The molecule has 0 bridgehead atoms. The Morgan fingerprint density at radius 2 is 1.88 bits per heavy atom. The van der Waals surface area contributed by atoms with E-state index in [1.807, 2.05) is 30.3 Å². The van der Waals surface area contributed by atoms with Gasteiger partial charge in [-0.3, -0.25) is 4.79 Å². The Kier molecular flexibility index (Phi) is 3.82. The number of carbonyl (C=O) groups excluding carboxylic acids is 1. The summed E-state index contributed by atoms with van der Waals surface area (Å²) < 4.78 is 18.2. The molecule has 4 aromatic rings. The topological polar surface area (TPSA) is 51.2 Å². The van der Waals surface area contributed by atoms with E-state index >= 15 is 0 Å². The number of hydrogen-bond donors (Lipinski definition) is 1. The van der Waals surface area contributed by atoms with Crippen molar-refractivity contribution in [2.75, 3.05) is 12.4 Å². The molecule has 6 heteroatoms. The van der Waals surface area contributed by atoms with Crippen molar-refractivity contribution < 1.29 is 13.9 Å². The molecule has 2 aromatic heterocycles. The van der Waals surface area contributed by atoms with E-state index in [2.05, 4.69) is 10.3 Å². The lowest BCUT2D eigenvalue weighted by atomic mass is 10.2. The molecule has 0 fully saturated rings. The predicted molar refractivity (Wildman–Crippen MR) is 98.0 cm³/mol. The van der Waals surface area contributed by atoms with Gasteiger partial charge >= 0.3 is 0 Å². The fourth-order valence-electron chi connectivity index (χ4n) is 2.57. The summed E-state index contributed by atoms with van der Waals surface area (Å²) >= 11 is 1.32. The quantitative estimate of drug-likeness (QED) is 0.573. The predicted octanol–water partition coefficient (Wildman–Crippen LogP) is 4.85. The number of carbonyl (C=O) groups is 1. The summed E-state index contributed by atoms with van der Waals surface area (Å²) in [5, 5.41) is 4.66. The summed E-state index contributed by atoms with van der Waals surface area (Å²) in [5.41, 5.74) is 1.37. The van der Waals surface area contributed by atoms with Crippen molar-refractivity contribution in [2.45, 2.75) is 0 Å². The van der Waals surface area contributed by atoms with Crippen LogP contribution in [0.4, 0.5) is 10.1 Å². The number of ether oxygens (including phenoxy) is 1. The van der Waals surface area contributed by atoms with E-state index < -0.39 is 0 Å². The first-order chi connectivity index (χ1) is 12.1. The van der Waals surface area contributed by atoms with Crippen LogP contribution in [0.1, 0.15) is 9.67 Å². The van der Waals surface area contributed by atoms with Crippen molar-refractivity contribution in [1.82, 2.24) is 4.98 Å². The molecule has 0 aliphatic carbocycles. The van der Waals surface area contributed by atoms with Gasteiger partial charge in [0.2, 0.25) is 0 Å². The third-order valence-corrected chi connectivity index (χ3v) is 4.88. The molecule has 124 valence electrons. The molecule has 0 atom stereocenters. The minimum atomic E-state index is -0.342. The SMILES string of the molecule is COc1ccc2cc3cc(C(=O)Nc4ccc(F)cc4)sc3nc2c1. The molecular formula is C19H13FN2O2S. The Hall–Kier alpha value is -2.99. The number of anilines is 1. The van der Waals surface area contributed by atoms with E-state index in [9.17, 15) is 9.18 Å². The molecular weight excluding hydrogens is 339 g/mol. The maximum Gasteiger partial charge on any atom is 0.265 e. The van der Waals surface area contributed by atoms with Crippen LogP contribution in [0, 0.1) is 5.82 Å². The number of nitrogens with one attached hydrogen (secondary N) is 1. The van der Waals surface area contributed by atoms with Crippen LogP contribution in [-0.4, -0.2) is 18.0 Å². The van der Waals surface area contributed by atoms with Crippen LogP contribution in [0.15, 0.2) is 54.6 Å². The second-order valence-electron chi connectivity index (χ2n) is 5.51. The fraction of sp³-hybridized carbons (Fsp3) is 0.0526. The molecule has 1 N–H and O–H groups in total. The van der Waals surface area contributed by atoms with E-state index in [0.717, 1.165) is 26.9 Å². The average Bonchev–Trinajstić information content (AvgIpc) is 3.04. The van der Waals surface area contributed by atoms with Crippen LogP contribution >= 0.6 is 11.3 Å². The molecule has 0 spiro atoms. The van der Waals surface area contributed by atoms with E-state index in [0.29, 0.717) is 10.6 Å². The summed E-state index contributed by atoms with van der Waals surface area (Å²) in [4.78, 5) is 18.4. The molecule has 0 aliphatic heterocycles. The molecule has 0 saturated heterocycles. The van der Waals surface area contributed by atoms with Gasteiger partial charge in [-0.05, 0) is 48.5 Å². The number of pyridine rings is 1. The Morgan fingerprint density at radius 1 is 1.08 bits per heavy atom. The van der Waals surface area contributed by atoms with Crippen molar-refractivity contribution >= 4 is 44.1 Å². The summed E-state index contributed by atoms with van der Waals surface area (Å²) in [7, 11) is 1.61. The third-order valence-electron chi connectivity index (χ3n) is 3.84. The van der Waals surface area contributed by atoms with Crippen molar-refractivity contribution in [2.24, 2.45) is 0 Å². The lowest BCUT2D eigenvalue weighted by Crippen LogP contribution is -2.09. The van der Waals surface area contributed by atoms with E-state index in [1.165, 1.54) is 35.6 Å². The maximum absolute atomic E-state index is 12.9. The highest BCUT2D eigenvalue weighted by Crippen LogP contribution is 2.29. The lowest BCUT2D eigenvalue weighted by molar-refractivity contribution is 0.103. The maximum atomic E-state index is 12.9. The van der Waals surface area contributed by atoms with Gasteiger partial charge in [-0.2, -0.15) is 0 Å². The molecule has 0 saturated carbocycles. The molecule has 4 nitrogen and oxygen atoms in total. The summed E-state index contributed by atoms with van der Waals surface area (Å²) in [6.45, 7) is 0. The van der Waals surface area contributed by atoms with Crippen LogP contribution in [0.5, 0.6) is 5.75 Å². The molecule has 25 heavy (non-hydrogen) atoms. The Labute approximate surface area is 146 Å². The van der Waals surface area contributed by atoms with Crippen LogP contribution in [0.25, 0.3) is 21.1 Å². The molecule has 4 rings (SSSR count). The number of hydrogen-bond acceptors (Lipinski definition) is 4. The average molecular weight is 352 g/mol. The van der Waals surface area contributed by atoms with Gasteiger partial charge in [0, 0.05) is 22.5 Å². The van der Waals surface area contributed by atoms with Crippen molar-refractivity contribution in [3.05, 3.63) is 65.3 Å². The van der Waals surface area contributed by atoms with E-state index in [4.69, 9.17) is 4.74 Å². The van der Waals surface area contributed by atoms with E-state index in [-0.39, 0.29) is 11.7 Å². The number of methoxy groups -OCH3 is 1. The van der Waals surface area contributed by atoms with Gasteiger partial charge in [0.1, 0.15) is 16.4 Å². The highest BCUT2D eigenvalue weighted by molar-refractivity contribution is 7.20. The molecule has 0 unspecified atom stereocenters.